The summed E-state index contributed by atoms with van der Waals surface area (Å²) in [6.45, 7) is 3.07. The number of benzene rings is 1. The van der Waals surface area contributed by atoms with E-state index in [-0.39, 0.29) is 0 Å². The first-order valence-corrected chi connectivity index (χ1v) is 5.59. The van der Waals surface area contributed by atoms with Gasteiger partial charge < -0.3 is 4.90 Å². The standard InChI is InChI=1S/C11H13BrN2/c1-8-9(12)4-2-5-10(8)14-7-3-6-11(14)13/h2,4-5,13H,3,6-7H2,1H3. The third kappa shape index (κ3) is 1.57. The Bertz CT molecular complexity index is 374. The molecular weight excluding hydrogens is 240 g/mol. The minimum atomic E-state index is 0.742. The van der Waals surface area contributed by atoms with Gasteiger partial charge in [0.2, 0.25) is 0 Å². The van der Waals surface area contributed by atoms with Crippen molar-refractivity contribution in [2.45, 2.75) is 19.8 Å². The third-order valence-corrected chi connectivity index (χ3v) is 3.51. The summed E-state index contributed by atoms with van der Waals surface area (Å²) >= 11 is 3.52. The largest absolute Gasteiger partial charge is 0.330 e. The molecule has 0 aliphatic carbocycles. The lowest BCUT2D eigenvalue weighted by molar-refractivity contribution is 0.953. The number of halogens is 1. The highest BCUT2D eigenvalue weighted by atomic mass is 79.9. The second-order valence-electron chi connectivity index (χ2n) is 3.59. The Hall–Kier alpha value is -0.830. The van der Waals surface area contributed by atoms with Crippen molar-refractivity contribution in [2.75, 3.05) is 11.4 Å². The first-order chi connectivity index (χ1) is 6.70. The van der Waals surface area contributed by atoms with Crippen LogP contribution in [0.3, 0.4) is 0 Å². The zero-order chi connectivity index (χ0) is 10.1. The van der Waals surface area contributed by atoms with Crippen LogP contribution in [-0.2, 0) is 0 Å². The van der Waals surface area contributed by atoms with Gasteiger partial charge >= 0.3 is 0 Å². The molecule has 1 aliphatic rings. The van der Waals surface area contributed by atoms with Gasteiger partial charge in [-0.1, -0.05) is 22.0 Å². The Morgan fingerprint density at radius 1 is 1.43 bits per heavy atom. The molecule has 14 heavy (non-hydrogen) atoms. The molecule has 0 bridgehead atoms. The van der Waals surface area contributed by atoms with Gasteiger partial charge in [0.05, 0.1) is 0 Å². The molecule has 0 amide bonds. The van der Waals surface area contributed by atoms with Gasteiger partial charge in [0, 0.05) is 23.1 Å². The van der Waals surface area contributed by atoms with Gasteiger partial charge in [0.1, 0.15) is 5.84 Å². The lowest BCUT2D eigenvalue weighted by atomic mass is 10.2. The molecular formula is C11H13BrN2. The molecule has 0 radical (unpaired) electrons. The van der Waals surface area contributed by atoms with Crippen LogP contribution >= 0.6 is 15.9 Å². The number of rotatable bonds is 1. The molecule has 0 atom stereocenters. The Morgan fingerprint density at radius 2 is 2.21 bits per heavy atom. The topological polar surface area (TPSA) is 27.1 Å². The van der Waals surface area contributed by atoms with E-state index < -0.39 is 0 Å². The maximum Gasteiger partial charge on any atom is 0.100 e. The monoisotopic (exact) mass is 252 g/mol. The van der Waals surface area contributed by atoms with Crippen molar-refractivity contribution in [3.05, 3.63) is 28.2 Å². The van der Waals surface area contributed by atoms with E-state index in [2.05, 4.69) is 33.8 Å². The maximum absolute atomic E-state index is 7.82. The fourth-order valence-electron chi connectivity index (χ4n) is 1.83. The molecule has 0 saturated carbocycles. The van der Waals surface area contributed by atoms with Crippen LogP contribution < -0.4 is 4.90 Å². The van der Waals surface area contributed by atoms with Crippen LogP contribution in [0.15, 0.2) is 22.7 Å². The van der Waals surface area contributed by atoms with E-state index in [1.54, 1.807) is 0 Å². The van der Waals surface area contributed by atoms with E-state index in [1.165, 1.54) is 11.3 Å². The van der Waals surface area contributed by atoms with Gasteiger partial charge in [-0.25, -0.2) is 0 Å². The zero-order valence-electron chi connectivity index (χ0n) is 8.18. The lowest BCUT2D eigenvalue weighted by Crippen LogP contribution is -2.23. The summed E-state index contributed by atoms with van der Waals surface area (Å²) < 4.78 is 1.12. The van der Waals surface area contributed by atoms with Crippen LogP contribution in [0.4, 0.5) is 5.69 Å². The van der Waals surface area contributed by atoms with Gasteiger partial charge in [-0.15, -0.1) is 0 Å². The van der Waals surface area contributed by atoms with Crippen molar-refractivity contribution < 1.29 is 0 Å². The second kappa shape index (κ2) is 3.73. The molecule has 1 aromatic rings. The first kappa shape index (κ1) is 9.71. The average molecular weight is 253 g/mol. The molecule has 3 heteroatoms. The highest BCUT2D eigenvalue weighted by molar-refractivity contribution is 9.10. The fraction of sp³-hybridized carbons (Fsp3) is 0.364. The van der Waals surface area contributed by atoms with Crippen LogP contribution in [0.1, 0.15) is 18.4 Å². The van der Waals surface area contributed by atoms with Crippen LogP contribution in [0.2, 0.25) is 0 Å². The summed E-state index contributed by atoms with van der Waals surface area (Å²) in [5.74, 6) is 0.742. The van der Waals surface area contributed by atoms with E-state index >= 15 is 0 Å². The first-order valence-electron chi connectivity index (χ1n) is 4.80. The van der Waals surface area contributed by atoms with E-state index in [0.717, 1.165) is 29.7 Å². The predicted molar refractivity (Wildman–Crippen MR) is 63.2 cm³/mol. The lowest BCUT2D eigenvalue weighted by Gasteiger charge is -2.20. The normalized spacial score (nSPS) is 16.4. The molecule has 2 nitrogen and oxygen atoms in total. The van der Waals surface area contributed by atoms with Crippen LogP contribution in [0.5, 0.6) is 0 Å². The molecule has 2 rings (SSSR count). The van der Waals surface area contributed by atoms with Gasteiger partial charge in [-0.05, 0) is 31.0 Å². The van der Waals surface area contributed by atoms with Crippen molar-refractivity contribution in [3.8, 4) is 0 Å². The molecule has 1 saturated heterocycles. The number of hydrogen-bond acceptors (Lipinski definition) is 1. The van der Waals surface area contributed by atoms with E-state index in [4.69, 9.17) is 5.41 Å². The number of amidine groups is 1. The van der Waals surface area contributed by atoms with Gasteiger partial charge in [-0.3, -0.25) is 5.41 Å². The second-order valence-corrected chi connectivity index (χ2v) is 4.44. The molecule has 74 valence electrons. The molecule has 1 fully saturated rings. The molecule has 0 unspecified atom stereocenters. The predicted octanol–water partition coefficient (Wildman–Crippen LogP) is 3.33. The van der Waals surface area contributed by atoms with Crippen molar-refractivity contribution in [3.63, 3.8) is 0 Å². The highest BCUT2D eigenvalue weighted by Gasteiger charge is 2.20. The van der Waals surface area contributed by atoms with Gasteiger partial charge in [0.15, 0.2) is 0 Å². The molecule has 1 aliphatic heterocycles. The Balaban J connectivity index is 2.41. The quantitative estimate of drug-likeness (QED) is 0.816. The number of nitrogens with zero attached hydrogens (tertiary/aromatic N) is 1. The van der Waals surface area contributed by atoms with Crippen LogP contribution in [0, 0.1) is 12.3 Å². The van der Waals surface area contributed by atoms with Crippen LogP contribution in [-0.4, -0.2) is 12.4 Å². The minimum absolute atomic E-state index is 0.742. The summed E-state index contributed by atoms with van der Waals surface area (Å²) in [5, 5.41) is 7.82. The zero-order valence-corrected chi connectivity index (χ0v) is 9.76. The van der Waals surface area contributed by atoms with Crippen molar-refractivity contribution in [1.29, 1.82) is 5.41 Å². The molecule has 0 spiro atoms. The Labute approximate surface area is 92.6 Å². The summed E-state index contributed by atoms with van der Waals surface area (Å²) in [5.41, 5.74) is 2.39. The minimum Gasteiger partial charge on any atom is -0.330 e. The summed E-state index contributed by atoms with van der Waals surface area (Å²) in [6, 6.07) is 6.15. The summed E-state index contributed by atoms with van der Waals surface area (Å²) in [7, 11) is 0. The van der Waals surface area contributed by atoms with Crippen molar-refractivity contribution >= 4 is 27.5 Å². The maximum atomic E-state index is 7.82. The number of hydrogen-bond donors (Lipinski definition) is 1. The molecule has 1 heterocycles. The van der Waals surface area contributed by atoms with Crippen molar-refractivity contribution in [2.24, 2.45) is 0 Å². The molecule has 1 aromatic carbocycles. The smallest absolute Gasteiger partial charge is 0.100 e. The van der Waals surface area contributed by atoms with Gasteiger partial charge in [-0.2, -0.15) is 0 Å². The fourth-order valence-corrected chi connectivity index (χ4v) is 2.18. The highest BCUT2D eigenvalue weighted by Crippen LogP contribution is 2.29. The van der Waals surface area contributed by atoms with Crippen molar-refractivity contribution in [1.82, 2.24) is 0 Å². The molecule has 1 N–H and O–H groups in total. The van der Waals surface area contributed by atoms with E-state index in [0.29, 0.717) is 0 Å². The van der Waals surface area contributed by atoms with Gasteiger partial charge in [0.25, 0.3) is 0 Å². The number of nitrogens with one attached hydrogen (secondary N) is 1. The summed E-state index contributed by atoms with van der Waals surface area (Å²) in [4.78, 5) is 2.10. The third-order valence-electron chi connectivity index (χ3n) is 2.65. The number of anilines is 1. The Kier molecular flexibility index (Phi) is 2.59. The van der Waals surface area contributed by atoms with E-state index in [9.17, 15) is 0 Å². The average Bonchev–Trinajstić information content (AvgIpc) is 2.57. The van der Waals surface area contributed by atoms with Crippen LogP contribution in [0.25, 0.3) is 0 Å². The Morgan fingerprint density at radius 3 is 2.86 bits per heavy atom. The summed E-state index contributed by atoms with van der Waals surface area (Å²) in [6.07, 6.45) is 2.01. The SMILES string of the molecule is Cc1c(Br)cccc1N1CCCC1=N. The van der Waals surface area contributed by atoms with E-state index in [1.807, 2.05) is 12.1 Å². The molecule has 0 aromatic heterocycles.